The number of ether oxygens (including phenoxy) is 1. The zero-order valence-electron chi connectivity index (χ0n) is 9.29. The molecule has 0 amide bonds. The average molecular weight is 189 g/mol. The van der Waals surface area contributed by atoms with Crippen molar-refractivity contribution >= 4 is 0 Å². The maximum atomic E-state index is 9.15. The molecular formula is C10H23NO2. The van der Waals surface area contributed by atoms with Crippen LogP contribution in [0.1, 0.15) is 27.2 Å². The summed E-state index contributed by atoms with van der Waals surface area (Å²) in [5.41, 5.74) is 0. The molecule has 0 saturated heterocycles. The largest absolute Gasteiger partial charge is 0.393 e. The van der Waals surface area contributed by atoms with Crippen molar-refractivity contribution in [2.75, 3.05) is 26.8 Å². The maximum absolute atomic E-state index is 9.15. The van der Waals surface area contributed by atoms with E-state index >= 15 is 0 Å². The van der Waals surface area contributed by atoms with Gasteiger partial charge in [0.2, 0.25) is 0 Å². The molecule has 0 fully saturated rings. The van der Waals surface area contributed by atoms with Crippen molar-refractivity contribution in [3.63, 3.8) is 0 Å². The predicted molar refractivity (Wildman–Crippen MR) is 54.9 cm³/mol. The quantitative estimate of drug-likeness (QED) is 0.651. The molecule has 0 spiro atoms. The third-order valence-corrected chi connectivity index (χ3v) is 2.15. The number of methoxy groups -OCH3 is 1. The molecule has 0 aliphatic rings. The predicted octanol–water partition coefficient (Wildman–Crippen LogP) is 1.11. The lowest BCUT2D eigenvalue weighted by atomic mass is 10.2. The van der Waals surface area contributed by atoms with E-state index in [0.717, 1.165) is 26.1 Å². The molecule has 13 heavy (non-hydrogen) atoms. The molecule has 0 saturated carbocycles. The van der Waals surface area contributed by atoms with E-state index in [1.807, 2.05) is 6.92 Å². The Morgan fingerprint density at radius 1 is 1.23 bits per heavy atom. The highest BCUT2D eigenvalue weighted by Crippen LogP contribution is 2.01. The van der Waals surface area contributed by atoms with E-state index in [9.17, 15) is 0 Å². The molecule has 1 unspecified atom stereocenters. The lowest BCUT2D eigenvalue weighted by molar-refractivity contribution is 0.108. The second-order valence-corrected chi connectivity index (χ2v) is 3.76. The molecule has 0 heterocycles. The Morgan fingerprint density at radius 2 is 1.85 bits per heavy atom. The summed E-state index contributed by atoms with van der Waals surface area (Å²) in [6.07, 6.45) is 0.630. The van der Waals surface area contributed by atoms with Crippen molar-refractivity contribution < 1.29 is 9.84 Å². The molecule has 0 aromatic carbocycles. The number of aliphatic hydroxyl groups is 1. The number of hydrogen-bond donors (Lipinski definition) is 1. The third kappa shape index (κ3) is 6.99. The average Bonchev–Trinajstić information content (AvgIpc) is 2.03. The summed E-state index contributed by atoms with van der Waals surface area (Å²) in [7, 11) is 1.72. The van der Waals surface area contributed by atoms with Crippen LogP contribution >= 0.6 is 0 Å². The number of nitrogens with zero attached hydrogens (tertiary/aromatic N) is 1. The van der Waals surface area contributed by atoms with Crippen LogP contribution in [0, 0.1) is 0 Å². The van der Waals surface area contributed by atoms with Gasteiger partial charge in [0.25, 0.3) is 0 Å². The molecule has 3 nitrogen and oxygen atoms in total. The molecule has 1 N–H and O–H groups in total. The molecule has 0 rings (SSSR count). The van der Waals surface area contributed by atoms with Gasteiger partial charge in [-0.3, -0.25) is 4.90 Å². The summed E-state index contributed by atoms with van der Waals surface area (Å²) >= 11 is 0. The molecular weight excluding hydrogens is 166 g/mol. The Kier molecular flexibility index (Phi) is 7.23. The van der Waals surface area contributed by atoms with Crippen molar-refractivity contribution in [3.8, 4) is 0 Å². The maximum Gasteiger partial charge on any atom is 0.0589 e. The molecule has 3 heteroatoms. The lowest BCUT2D eigenvalue weighted by Crippen LogP contribution is -2.35. The van der Waals surface area contributed by atoms with Crippen LogP contribution < -0.4 is 0 Å². The second kappa shape index (κ2) is 7.30. The van der Waals surface area contributed by atoms with Gasteiger partial charge in [-0.1, -0.05) is 0 Å². The van der Waals surface area contributed by atoms with E-state index in [2.05, 4.69) is 18.7 Å². The van der Waals surface area contributed by atoms with Gasteiger partial charge in [0, 0.05) is 26.2 Å². The standard InChI is InChI=1S/C10H23NO2/c1-9(2)11(7-8-13-4)6-5-10(3)12/h9-10,12H,5-8H2,1-4H3. The molecule has 0 aromatic rings. The zero-order chi connectivity index (χ0) is 10.3. The fourth-order valence-corrected chi connectivity index (χ4v) is 1.19. The van der Waals surface area contributed by atoms with Crippen LogP contribution in [0.25, 0.3) is 0 Å². The van der Waals surface area contributed by atoms with Gasteiger partial charge in [-0.15, -0.1) is 0 Å². The van der Waals surface area contributed by atoms with E-state index < -0.39 is 0 Å². The SMILES string of the molecule is COCCN(CCC(C)O)C(C)C. The van der Waals surface area contributed by atoms with E-state index in [-0.39, 0.29) is 6.10 Å². The first-order valence-corrected chi connectivity index (χ1v) is 4.99. The number of aliphatic hydroxyl groups excluding tert-OH is 1. The summed E-state index contributed by atoms with van der Waals surface area (Å²) in [6.45, 7) is 8.81. The summed E-state index contributed by atoms with van der Waals surface area (Å²) in [5.74, 6) is 0. The van der Waals surface area contributed by atoms with Gasteiger partial charge in [0.15, 0.2) is 0 Å². The highest BCUT2D eigenvalue weighted by atomic mass is 16.5. The molecule has 0 aliphatic carbocycles. The van der Waals surface area contributed by atoms with Crippen molar-refractivity contribution in [1.82, 2.24) is 4.90 Å². The number of rotatable bonds is 7. The Bertz CT molecular complexity index is 115. The van der Waals surface area contributed by atoms with E-state index in [1.165, 1.54) is 0 Å². The third-order valence-electron chi connectivity index (χ3n) is 2.15. The first kappa shape index (κ1) is 12.9. The minimum atomic E-state index is -0.205. The minimum absolute atomic E-state index is 0.205. The number of hydrogen-bond acceptors (Lipinski definition) is 3. The fraction of sp³-hybridized carbons (Fsp3) is 1.00. The smallest absolute Gasteiger partial charge is 0.0589 e. The topological polar surface area (TPSA) is 32.7 Å². The van der Waals surface area contributed by atoms with Crippen LogP contribution in [0.4, 0.5) is 0 Å². The Hall–Kier alpha value is -0.120. The van der Waals surface area contributed by atoms with Gasteiger partial charge in [-0.25, -0.2) is 0 Å². The van der Waals surface area contributed by atoms with E-state index in [1.54, 1.807) is 7.11 Å². The van der Waals surface area contributed by atoms with Gasteiger partial charge in [0.05, 0.1) is 12.7 Å². The summed E-state index contributed by atoms with van der Waals surface area (Å²) in [4.78, 5) is 2.32. The monoisotopic (exact) mass is 189 g/mol. The van der Waals surface area contributed by atoms with E-state index in [0.29, 0.717) is 6.04 Å². The van der Waals surface area contributed by atoms with Crippen molar-refractivity contribution in [2.24, 2.45) is 0 Å². The van der Waals surface area contributed by atoms with Crippen molar-refractivity contribution in [3.05, 3.63) is 0 Å². The fourth-order valence-electron chi connectivity index (χ4n) is 1.19. The molecule has 0 aromatic heterocycles. The summed E-state index contributed by atoms with van der Waals surface area (Å²) < 4.78 is 5.03. The highest BCUT2D eigenvalue weighted by Gasteiger charge is 2.09. The van der Waals surface area contributed by atoms with Gasteiger partial charge >= 0.3 is 0 Å². The van der Waals surface area contributed by atoms with Crippen LogP contribution in [0.2, 0.25) is 0 Å². The Labute approximate surface area is 81.7 Å². The zero-order valence-corrected chi connectivity index (χ0v) is 9.29. The summed E-state index contributed by atoms with van der Waals surface area (Å²) in [6, 6.07) is 0.522. The lowest BCUT2D eigenvalue weighted by Gasteiger charge is -2.26. The van der Waals surface area contributed by atoms with Gasteiger partial charge in [-0.2, -0.15) is 0 Å². The normalized spacial score (nSPS) is 14.1. The summed E-state index contributed by atoms with van der Waals surface area (Å²) in [5, 5.41) is 9.15. The van der Waals surface area contributed by atoms with Gasteiger partial charge in [0.1, 0.15) is 0 Å². The first-order valence-electron chi connectivity index (χ1n) is 4.99. The van der Waals surface area contributed by atoms with Crippen LogP contribution in [-0.2, 0) is 4.74 Å². The van der Waals surface area contributed by atoms with Gasteiger partial charge < -0.3 is 9.84 Å². The van der Waals surface area contributed by atoms with Crippen LogP contribution in [-0.4, -0.2) is 49.0 Å². The molecule has 1 atom stereocenters. The minimum Gasteiger partial charge on any atom is -0.393 e. The Morgan fingerprint density at radius 3 is 2.23 bits per heavy atom. The molecule has 0 radical (unpaired) electrons. The molecule has 0 aliphatic heterocycles. The molecule has 80 valence electrons. The first-order chi connectivity index (χ1) is 6.07. The molecule has 0 bridgehead atoms. The van der Waals surface area contributed by atoms with Crippen molar-refractivity contribution in [1.29, 1.82) is 0 Å². The Balaban J connectivity index is 3.67. The van der Waals surface area contributed by atoms with Crippen molar-refractivity contribution in [2.45, 2.75) is 39.3 Å². The van der Waals surface area contributed by atoms with Gasteiger partial charge in [-0.05, 0) is 27.2 Å². The second-order valence-electron chi connectivity index (χ2n) is 3.76. The van der Waals surface area contributed by atoms with Crippen LogP contribution in [0.5, 0.6) is 0 Å². The van der Waals surface area contributed by atoms with Crippen LogP contribution in [0.3, 0.4) is 0 Å². The highest BCUT2D eigenvalue weighted by molar-refractivity contribution is 4.63. The van der Waals surface area contributed by atoms with Crippen LogP contribution in [0.15, 0.2) is 0 Å². The van der Waals surface area contributed by atoms with E-state index in [4.69, 9.17) is 9.84 Å².